The number of sulfonamides is 1. The van der Waals surface area contributed by atoms with Gasteiger partial charge in [0.1, 0.15) is 0 Å². The second-order valence-corrected chi connectivity index (χ2v) is 7.65. The molecule has 21 heavy (non-hydrogen) atoms. The Bertz CT molecular complexity index is 579. The number of aryl methyl sites for hydroxylation is 1. The monoisotopic (exact) mass is 311 g/mol. The third kappa shape index (κ3) is 3.75. The van der Waals surface area contributed by atoms with Gasteiger partial charge in [-0.3, -0.25) is 0 Å². The van der Waals surface area contributed by atoms with Crippen LogP contribution in [-0.2, 0) is 10.0 Å². The molecule has 0 aromatic heterocycles. The third-order valence-corrected chi connectivity index (χ3v) is 6.11. The van der Waals surface area contributed by atoms with Crippen molar-refractivity contribution in [3.63, 3.8) is 0 Å². The summed E-state index contributed by atoms with van der Waals surface area (Å²) in [5.41, 5.74) is 9.16. The van der Waals surface area contributed by atoms with Gasteiger partial charge < -0.3 is 10.6 Å². The molecule has 2 rings (SSSR count). The summed E-state index contributed by atoms with van der Waals surface area (Å²) in [5, 5.41) is 0. The number of hydrogen-bond acceptors (Lipinski definition) is 4. The molecule has 6 heteroatoms. The first kappa shape index (κ1) is 16.3. The van der Waals surface area contributed by atoms with Gasteiger partial charge in [-0.2, -0.15) is 4.31 Å². The average Bonchev–Trinajstić information content (AvgIpc) is 2.48. The van der Waals surface area contributed by atoms with Crippen molar-refractivity contribution in [2.75, 3.05) is 43.4 Å². The highest BCUT2D eigenvalue weighted by atomic mass is 32.2. The first-order valence-electron chi connectivity index (χ1n) is 7.45. The van der Waals surface area contributed by atoms with E-state index in [1.165, 1.54) is 16.8 Å². The SMILES string of the molecule is Cc1cccc(N2CCN(S(=O)(=O)CCCN)CC2)c1C. The van der Waals surface area contributed by atoms with Gasteiger partial charge in [0.2, 0.25) is 10.0 Å². The summed E-state index contributed by atoms with van der Waals surface area (Å²) in [4.78, 5) is 2.28. The highest BCUT2D eigenvalue weighted by Crippen LogP contribution is 2.24. The van der Waals surface area contributed by atoms with Gasteiger partial charge in [-0.15, -0.1) is 0 Å². The van der Waals surface area contributed by atoms with E-state index < -0.39 is 10.0 Å². The molecule has 0 bridgehead atoms. The molecule has 1 aliphatic rings. The zero-order valence-electron chi connectivity index (χ0n) is 12.9. The fourth-order valence-corrected chi connectivity index (χ4v) is 4.19. The summed E-state index contributed by atoms with van der Waals surface area (Å²) < 4.78 is 25.9. The molecule has 1 aliphatic heterocycles. The van der Waals surface area contributed by atoms with Crippen LogP contribution in [0.1, 0.15) is 17.5 Å². The van der Waals surface area contributed by atoms with E-state index in [0.29, 0.717) is 26.1 Å². The Kier molecular flexibility index (Phi) is 5.24. The number of anilines is 1. The Balaban J connectivity index is 2.02. The number of rotatable bonds is 5. The van der Waals surface area contributed by atoms with E-state index >= 15 is 0 Å². The lowest BCUT2D eigenvalue weighted by Gasteiger charge is -2.36. The second-order valence-electron chi connectivity index (χ2n) is 5.56. The van der Waals surface area contributed by atoms with Gasteiger partial charge in [0, 0.05) is 31.9 Å². The van der Waals surface area contributed by atoms with E-state index in [1.54, 1.807) is 4.31 Å². The lowest BCUT2D eigenvalue weighted by Crippen LogP contribution is -2.49. The van der Waals surface area contributed by atoms with E-state index in [1.807, 2.05) is 0 Å². The van der Waals surface area contributed by atoms with E-state index in [0.717, 1.165) is 13.1 Å². The molecule has 1 heterocycles. The molecule has 0 spiro atoms. The van der Waals surface area contributed by atoms with Crippen LogP contribution in [0.15, 0.2) is 18.2 Å². The summed E-state index contributed by atoms with van der Waals surface area (Å²) in [6.07, 6.45) is 0.527. The molecule has 5 nitrogen and oxygen atoms in total. The number of piperazine rings is 1. The molecule has 0 unspecified atom stereocenters. The minimum absolute atomic E-state index is 0.160. The largest absolute Gasteiger partial charge is 0.369 e. The van der Waals surface area contributed by atoms with E-state index in [9.17, 15) is 8.42 Å². The molecular formula is C15H25N3O2S. The Hall–Kier alpha value is -1.11. The smallest absolute Gasteiger partial charge is 0.214 e. The van der Waals surface area contributed by atoms with E-state index in [2.05, 4.69) is 36.9 Å². The molecule has 2 N–H and O–H groups in total. The molecule has 0 amide bonds. The first-order valence-corrected chi connectivity index (χ1v) is 9.05. The summed E-state index contributed by atoms with van der Waals surface area (Å²) in [5.74, 6) is 0.160. The molecule has 0 saturated carbocycles. The van der Waals surface area contributed by atoms with Crippen molar-refractivity contribution in [3.8, 4) is 0 Å². The van der Waals surface area contributed by atoms with Crippen LogP contribution in [0.2, 0.25) is 0 Å². The minimum atomic E-state index is -3.14. The van der Waals surface area contributed by atoms with Crippen LogP contribution in [0.3, 0.4) is 0 Å². The van der Waals surface area contributed by atoms with Crippen molar-refractivity contribution in [1.82, 2.24) is 4.31 Å². The van der Waals surface area contributed by atoms with E-state index in [-0.39, 0.29) is 5.75 Å². The first-order chi connectivity index (χ1) is 9.95. The Labute approximate surface area is 127 Å². The maximum atomic E-state index is 12.2. The maximum Gasteiger partial charge on any atom is 0.214 e. The Morgan fingerprint density at radius 3 is 2.43 bits per heavy atom. The van der Waals surface area contributed by atoms with Crippen LogP contribution in [0, 0.1) is 13.8 Å². The second kappa shape index (κ2) is 6.77. The lowest BCUT2D eigenvalue weighted by atomic mass is 10.1. The van der Waals surface area contributed by atoms with Crippen molar-refractivity contribution in [3.05, 3.63) is 29.3 Å². The van der Waals surface area contributed by atoms with Gasteiger partial charge in [-0.25, -0.2) is 8.42 Å². The van der Waals surface area contributed by atoms with Crippen LogP contribution in [0.4, 0.5) is 5.69 Å². The summed E-state index contributed by atoms with van der Waals surface area (Å²) >= 11 is 0. The van der Waals surface area contributed by atoms with Gasteiger partial charge in [-0.05, 0) is 44.0 Å². The zero-order chi connectivity index (χ0) is 15.5. The highest BCUT2D eigenvalue weighted by molar-refractivity contribution is 7.89. The summed E-state index contributed by atoms with van der Waals surface area (Å²) in [7, 11) is -3.14. The number of hydrogen-bond donors (Lipinski definition) is 1. The van der Waals surface area contributed by atoms with Crippen molar-refractivity contribution >= 4 is 15.7 Å². The van der Waals surface area contributed by atoms with Crippen LogP contribution in [0.25, 0.3) is 0 Å². The molecule has 118 valence electrons. The number of nitrogens with two attached hydrogens (primary N) is 1. The summed E-state index contributed by atoms with van der Waals surface area (Å²) in [6.45, 7) is 7.24. The van der Waals surface area contributed by atoms with Gasteiger partial charge in [-0.1, -0.05) is 12.1 Å². The molecule has 1 saturated heterocycles. The van der Waals surface area contributed by atoms with Crippen LogP contribution in [0.5, 0.6) is 0 Å². The molecule has 1 aromatic rings. The predicted octanol–water partition coefficient (Wildman–Crippen LogP) is 1.10. The van der Waals surface area contributed by atoms with Crippen LogP contribution >= 0.6 is 0 Å². The molecule has 0 atom stereocenters. The van der Waals surface area contributed by atoms with Crippen LogP contribution in [-0.4, -0.2) is 51.2 Å². The number of benzene rings is 1. The molecule has 0 radical (unpaired) electrons. The average molecular weight is 311 g/mol. The zero-order valence-corrected chi connectivity index (χ0v) is 13.7. The molecule has 1 fully saturated rings. The van der Waals surface area contributed by atoms with Gasteiger partial charge in [0.05, 0.1) is 5.75 Å². The summed E-state index contributed by atoms with van der Waals surface area (Å²) in [6, 6.07) is 6.27. The van der Waals surface area contributed by atoms with Crippen molar-refractivity contribution in [1.29, 1.82) is 0 Å². The standard InChI is InChI=1S/C15H25N3O2S/c1-13-5-3-6-15(14(13)2)17-8-10-18(11-9-17)21(19,20)12-4-7-16/h3,5-6H,4,7-12,16H2,1-2H3. The lowest BCUT2D eigenvalue weighted by molar-refractivity contribution is 0.384. The van der Waals surface area contributed by atoms with Gasteiger partial charge in [0.15, 0.2) is 0 Å². The van der Waals surface area contributed by atoms with Crippen LogP contribution < -0.4 is 10.6 Å². The van der Waals surface area contributed by atoms with Crippen molar-refractivity contribution in [2.45, 2.75) is 20.3 Å². The molecule has 1 aromatic carbocycles. The Morgan fingerprint density at radius 2 is 1.81 bits per heavy atom. The minimum Gasteiger partial charge on any atom is -0.369 e. The third-order valence-electron chi connectivity index (χ3n) is 4.16. The van der Waals surface area contributed by atoms with Crippen molar-refractivity contribution in [2.24, 2.45) is 5.73 Å². The van der Waals surface area contributed by atoms with Gasteiger partial charge >= 0.3 is 0 Å². The molecular weight excluding hydrogens is 286 g/mol. The fraction of sp³-hybridized carbons (Fsp3) is 0.600. The molecule has 0 aliphatic carbocycles. The topological polar surface area (TPSA) is 66.6 Å². The van der Waals surface area contributed by atoms with Gasteiger partial charge in [0.25, 0.3) is 0 Å². The fourth-order valence-electron chi connectivity index (χ4n) is 2.68. The van der Waals surface area contributed by atoms with Crippen molar-refractivity contribution < 1.29 is 8.42 Å². The number of nitrogens with zero attached hydrogens (tertiary/aromatic N) is 2. The maximum absolute atomic E-state index is 12.2. The quantitative estimate of drug-likeness (QED) is 0.884. The highest BCUT2D eigenvalue weighted by Gasteiger charge is 2.26. The normalized spacial score (nSPS) is 17.2. The van der Waals surface area contributed by atoms with E-state index in [4.69, 9.17) is 5.73 Å². The Morgan fingerprint density at radius 1 is 1.14 bits per heavy atom. The predicted molar refractivity (Wildman–Crippen MR) is 87.2 cm³/mol.